The number of amides is 2. The van der Waals surface area contributed by atoms with Crippen molar-refractivity contribution in [3.8, 4) is 10.4 Å². The van der Waals surface area contributed by atoms with Crippen LogP contribution in [0.2, 0.25) is 0 Å². The van der Waals surface area contributed by atoms with Gasteiger partial charge in [0.1, 0.15) is 18.7 Å². The van der Waals surface area contributed by atoms with E-state index in [-0.39, 0.29) is 36.7 Å². The summed E-state index contributed by atoms with van der Waals surface area (Å²) in [5.41, 5.74) is 2.15. The molecule has 2 fully saturated rings. The smallest absolute Gasteiger partial charge is 0.251 e. The fraction of sp³-hybridized carbons (Fsp3) is 0.304. The molecule has 168 valence electrons. The molecule has 2 saturated heterocycles. The van der Waals surface area contributed by atoms with Crippen molar-refractivity contribution in [1.29, 1.82) is 0 Å². The molecule has 10 heteroatoms. The van der Waals surface area contributed by atoms with Gasteiger partial charge in [-0.15, -0.1) is 5.10 Å². The maximum Gasteiger partial charge on any atom is 0.251 e. The summed E-state index contributed by atoms with van der Waals surface area (Å²) in [6, 6.07) is 9.28. The van der Waals surface area contributed by atoms with Crippen molar-refractivity contribution >= 4 is 29.1 Å². The lowest BCUT2D eigenvalue weighted by Gasteiger charge is -2.27. The zero-order chi connectivity index (χ0) is 22.8. The van der Waals surface area contributed by atoms with Gasteiger partial charge in [0.05, 0.1) is 17.2 Å². The molecule has 0 radical (unpaired) electrons. The lowest BCUT2D eigenvalue weighted by Crippen LogP contribution is -2.53. The standard InChI is InChI=1S/C23H21N5O4S/c29-18-13-32-19-7-9-28(21(18)19)23(31)17(10-14-2-1-8-24-11-14)26-22(30)16-5-3-15(4-6-16)20-12-25-27-33-20/h1-6,8,11-12,17,19,21H,7,9-10,13H2,(H,26,30). The monoisotopic (exact) mass is 463 g/mol. The van der Waals surface area contributed by atoms with Crippen LogP contribution >= 0.6 is 11.5 Å². The molecule has 3 unspecified atom stereocenters. The third kappa shape index (κ3) is 4.39. The summed E-state index contributed by atoms with van der Waals surface area (Å²) in [7, 11) is 0. The second kappa shape index (κ2) is 9.16. The molecular formula is C23H21N5O4S. The largest absolute Gasteiger partial charge is 0.368 e. The Labute approximate surface area is 194 Å². The van der Waals surface area contributed by atoms with Crippen LogP contribution in [-0.2, 0) is 20.7 Å². The van der Waals surface area contributed by atoms with Gasteiger partial charge in [-0.1, -0.05) is 22.7 Å². The second-order valence-electron chi connectivity index (χ2n) is 8.03. The van der Waals surface area contributed by atoms with E-state index in [2.05, 4.69) is 19.9 Å². The minimum absolute atomic E-state index is 0.0281. The first-order chi connectivity index (χ1) is 16.1. The van der Waals surface area contributed by atoms with Crippen LogP contribution in [0.25, 0.3) is 10.4 Å². The predicted molar refractivity (Wildman–Crippen MR) is 119 cm³/mol. The van der Waals surface area contributed by atoms with Crippen LogP contribution in [0.3, 0.4) is 0 Å². The van der Waals surface area contributed by atoms with Crippen LogP contribution in [0.5, 0.6) is 0 Å². The van der Waals surface area contributed by atoms with Crippen LogP contribution in [0, 0.1) is 0 Å². The van der Waals surface area contributed by atoms with Crippen LogP contribution in [0.15, 0.2) is 55.0 Å². The highest BCUT2D eigenvalue weighted by atomic mass is 32.1. The minimum Gasteiger partial charge on any atom is -0.368 e. The summed E-state index contributed by atoms with van der Waals surface area (Å²) in [4.78, 5) is 45.4. The van der Waals surface area contributed by atoms with Crippen LogP contribution < -0.4 is 5.32 Å². The van der Waals surface area contributed by atoms with Crippen LogP contribution in [-0.4, -0.2) is 68.4 Å². The number of hydrogen-bond acceptors (Lipinski definition) is 8. The van der Waals surface area contributed by atoms with E-state index in [4.69, 9.17) is 4.74 Å². The van der Waals surface area contributed by atoms with E-state index in [0.29, 0.717) is 18.5 Å². The van der Waals surface area contributed by atoms with E-state index < -0.39 is 12.1 Å². The van der Waals surface area contributed by atoms with Gasteiger partial charge in [0, 0.05) is 30.9 Å². The molecule has 1 N–H and O–H groups in total. The van der Waals surface area contributed by atoms with Gasteiger partial charge in [-0.05, 0) is 47.3 Å². The Morgan fingerprint density at radius 2 is 2.06 bits per heavy atom. The molecule has 2 aromatic heterocycles. The van der Waals surface area contributed by atoms with Crippen molar-refractivity contribution in [3.05, 3.63) is 66.1 Å². The van der Waals surface area contributed by atoms with Crippen LogP contribution in [0.4, 0.5) is 0 Å². The first-order valence-corrected chi connectivity index (χ1v) is 11.4. The second-order valence-corrected chi connectivity index (χ2v) is 8.82. The molecule has 0 bridgehead atoms. The van der Waals surface area contributed by atoms with Gasteiger partial charge in [0.15, 0.2) is 5.78 Å². The van der Waals surface area contributed by atoms with Crippen molar-refractivity contribution in [2.75, 3.05) is 13.2 Å². The number of hydrogen-bond donors (Lipinski definition) is 1. The normalized spacial score (nSPS) is 20.5. The number of ether oxygens (including phenoxy) is 1. The first-order valence-electron chi connectivity index (χ1n) is 10.6. The number of carbonyl (C=O) groups excluding carboxylic acids is 3. The van der Waals surface area contributed by atoms with E-state index in [1.54, 1.807) is 41.7 Å². The highest BCUT2D eigenvalue weighted by Gasteiger charge is 2.48. The van der Waals surface area contributed by atoms with Crippen molar-refractivity contribution in [2.24, 2.45) is 0 Å². The zero-order valence-electron chi connectivity index (χ0n) is 17.6. The molecule has 0 spiro atoms. The Hall–Kier alpha value is -3.50. The summed E-state index contributed by atoms with van der Waals surface area (Å²) in [6.07, 6.45) is 5.61. The Kier molecular flexibility index (Phi) is 5.93. The van der Waals surface area contributed by atoms with Gasteiger partial charge >= 0.3 is 0 Å². The van der Waals surface area contributed by atoms with Crippen molar-refractivity contribution < 1.29 is 19.1 Å². The van der Waals surface area contributed by atoms with Crippen LogP contribution in [0.1, 0.15) is 22.3 Å². The van der Waals surface area contributed by atoms with E-state index in [1.165, 1.54) is 11.5 Å². The number of carbonyl (C=O) groups is 3. The number of rotatable bonds is 6. The fourth-order valence-electron chi connectivity index (χ4n) is 4.32. The van der Waals surface area contributed by atoms with Crippen molar-refractivity contribution in [1.82, 2.24) is 24.8 Å². The number of benzene rings is 1. The number of nitrogens with zero attached hydrogens (tertiary/aromatic N) is 4. The third-order valence-corrected chi connectivity index (χ3v) is 6.67. The molecule has 3 aromatic rings. The SMILES string of the molecule is O=C(NC(Cc1cccnc1)C(=O)N1CCC2OCC(=O)C21)c1ccc(-c2cnns2)cc1. The van der Waals surface area contributed by atoms with Gasteiger partial charge in [-0.2, -0.15) is 0 Å². The van der Waals surface area contributed by atoms with Gasteiger partial charge in [0.25, 0.3) is 5.91 Å². The van der Waals surface area contributed by atoms with Gasteiger partial charge in [-0.3, -0.25) is 19.4 Å². The van der Waals surface area contributed by atoms with Gasteiger partial charge in [0.2, 0.25) is 5.91 Å². The first kappa shape index (κ1) is 21.4. The molecule has 0 saturated carbocycles. The molecule has 9 nitrogen and oxygen atoms in total. The Bertz CT molecular complexity index is 1150. The molecule has 5 rings (SSSR count). The Morgan fingerprint density at radius 1 is 1.21 bits per heavy atom. The van der Waals surface area contributed by atoms with Gasteiger partial charge in [-0.25, -0.2) is 0 Å². The summed E-state index contributed by atoms with van der Waals surface area (Å²) in [5, 5.41) is 6.71. The van der Waals surface area contributed by atoms with Crippen molar-refractivity contribution in [2.45, 2.75) is 31.0 Å². The summed E-state index contributed by atoms with van der Waals surface area (Å²) >= 11 is 1.27. The third-order valence-electron chi connectivity index (χ3n) is 5.95. The summed E-state index contributed by atoms with van der Waals surface area (Å²) < 4.78 is 9.36. The van der Waals surface area contributed by atoms with E-state index >= 15 is 0 Å². The summed E-state index contributed by atoms with van der Waals surface area (Å²) in [6.45, 7) is 0.456. The molecule has 4 heterocycles. The summed E-state index contributed by atoms with van der Waals surface area (Å²) in [5.74, 6) is -0.743. The maximum atomic E-state index is 13.5. The number of nitrogens with one attached hydrogen (secondary N) is 1. The molecule has 2 aliphatic rings. The number of pyridine rings is 1. The highest BCUT2D eigenvalue weighted by molar-refractivity contribution is 7.09. The molecule has 33 heavy (non-hydrogen) atoms. The van der Waals surface area contributed by atoms with E-state index in [0.717, 1.165) is 16.0 Å². The van der Waals surface area contributed by atoms with Gasteiger partial charge < -0.3 is 15.0 Å². The topological polar surface area (TPSA) is 114 Å². The quantitative estimate of drug-likeness (QED) is 0.589. The maximum absolute atomic E-state index is 13.5. The molecule has 3 atom stereocenters. The number of fused-ring (bicyclic) bond motifs is 1. The van der Waals surface area contributed by atoms with E-state index in [1.807, 2.05) is 18.2 Å². The lowest BCUT2D eigenvalue weighted by molar-refractivity contribution is -0.138. The lowest BCUT2D eigenvalue weighted by atomic mass is 10.0. The number of aromatic nitrogens is 3. The minimum atomic E-state index is -0.834. The molecular weight excluding hydrogens is 442 g/mol. The average molecular weight is 464 g/mol. The molecule has 0 aliphatic carbocycles. The highest BCUT2D eigenvalue weighted by Crippen LogP contribution is 2.28. The number of likely N-dealkylation sites (tertiary alicyclic amines) is 1. The van der Waals surface area contributed by atoms with Crippen molar-refractivity contribution in [3.63, 3.8) is 0 Å². The van der Waals surface area contributed by atoms with E-state index in [9.17, 15) is 14.4 Å². The Morgan fingerprint density at radius 3 is 2.79 bits per heavy atom. The Balaban J connectivity index is 1.35. The number of ketones is 1. The predicted octanol–water partition coefficient (Wildman–Crippen LogP) is 1.51. The molecule has 1 aromatic carbocycles. The average Bonchev–Trinajstić information content (AvgIpc) is 3.59. The number of Topliss-reactive ketones (excluding diaryl/α,β-unsaturated/α-hetero) is 1. The fourth-order valence-corrected chi connectivity index (χ4v) is 4.84. The molecule has 2 amide bonds. The zero-order valence-corrected chi connectivity index (χ0v) is 18.4. The molecule has 2 aliphatic heterocycles.